The van der Waals surface area contributed by atoms with Crippen LogP contribution in [0.4, 0.5) is 10.1 Å². The number of nitrogens with one attached hydrogen (secondary N) is 1. The highest BCUT2D eigenvalue weighted by Crippen LogP contribution is 2.34. The zero-order chi connectivity index (χ0) is 24.5. The summed E-state index contributed by atoms with van der Waals surface area (Å²) in [5.41, 5.74) is 9.08. The summed E-state index contributed by atoms with van der Waals surface area (Å²) in [4.78, 5) is 29.3. The van der Waals surface area contributed by atoms with Gasteiger partial charge in [-0.3, -0.25) is 14.6 Å². The number of anilines is 1. The Labute approximate surface area is 200 Å². The monoisotopic (exact) mass is 465 g/mol. The molecule has 7 heteroatoms. The van der Waals surface area contributed by atoms with E-state index in [0.29, 0.717) is 22.5 Å². The molecule has 0 spiro atoms. The summed E-state index contributed by atoms with van der Waals surface area (Å²) in [5, 5.41) is 5.10. The summed E-state index contributed by atoms with van der Waals surface area (Å²) in [5.74, 6) is -0.985. The van der Waals surface area contributed by atoms with Crippen molar-refractivity contribution >= 4 is 39.2 Å². The van der Waals surface area contributed by atoms with Gasteiger partial charge in [0.2, 0.25) is 0 Å². The van der Waals surface area contributed by atoms with E-state index in [4.69, 9.17) is 10.5 Å². The third-order valence-electron chi connectivity index (χ3n) is 5.85. The van der Waals surface area contributed by atoms with Crippen LogP contribution in [0, 0.1) is 5.82 Å². The second-order valence-electron chi connectivity index (χ2n) is 8.00. The molecule has 0 aliphatic carbocycles. The number of pyridine rings is 1. The van der Waals surface area contributed by atoms with Gasteiger partial charge in [0.1, 0.15) is 11.6 Å². The number of rotatable bonds is 5. The average Bonchev–Trinajstić information content (AvgIpc) is 2.86. The molecule has 35 heavy (non-hydrogen) atoms. The Morgan fingerprint density at radius 2 is 1.74 bits per heavy atom. The number of nitrogens with zero attached hydrogens (tertiary/aromatic N) is 1. The topological polar surface area (TPSA) is 94.3 Å². The van der Waals surface area contributed by atoms with E-state index < -0.39 is 11.7 Å². The van der Waals surface area contributed by atoms with Gasteiger partial charge in [0, 0.05) is 28.9 Å². The first-order valence-electron chi connectivity index (χ1n) is 10.8. The van der Waals surface area contributed by atoms with Gasteiger partial charge in [-0.25, -0.2) is 4.39 Å². The number of amides is 2. The molecule has 3 N–H and O–H groups in total. The first kappa shape index (κ1) is 22.0. The van der Waals surface area contributed by atoms with Gasteiger partial charge in [-0.05, 0) is 64.4 Å². The molecule has 0 aliphatic heterocycles. The molecule has 172 valence electrons. The van der Waals surface area contributed by atoms with Gasteiger partial charge >= 0.3 is 0 Å². The molecule has 0 atom stereocenters. The maximum absolute atomic E-state index is 13.5. The maximum Gasteiger partial charge on any atom is 0.256 e. The second kappa shape index (κ2) is 8.87. The van der Waals surface area contributed by atoms with E-state index in [1.54, 1.807) is 42.6 Å². The van der Waals surface area contributed by atoms with Gasteiger partial charge in [-0.2, -0.15) is 0 Å². The van der Waals surface area contributed by atoms with Crippen LogP contribution < -0.4 is 15.8 Å². The van der Waals surface area contributed by atoms with Crippen molar-refractivity contribution in [1.82, 2.24) is 4.98 Å². The first-order chi connectivity index (χ1) is 16.9. The Morgan fingerprint density at radius 1 is 0.914 bits per heavy atom. The number of carbonyl (C=O) groups is 2. The molecule has 0 radical (unpaired) electrons. The van der Waals surface area contributed by atoms with Crippen LogP contribution in [0.3, 0.4) is 0 Å². The number of hydrogen-bond acceptors (Lipinski definition) is 4. The Balaban J connectivity index is 1.58. The number of benzene rings is 4. The third kappa shape index (κ3) is 4.15. The predicted octanol–water partition coefficient (Wildman–Crippen LogP) is 5.55. The third-order valence-corrected chi connectivity index (χ3v) is 5.85. The molecule has 0 saturated heterocycles. The molecule has 0 fully saturated rings. The summed E-state index contributed by atoms with van der Waals surface area (Å²) in [6.45, 7) is 0. The van der Waals surface area contributed by atoms with E-state index in [2.05, 4.69) is 10.3 Å². The standard InChI is InChI=1S/C28H20FN3O3/c1-35-26-15-25-23(14-24(26)27(30)33)21(10-11-31-25)17-8-9-20-16(12-17)4-2-7-22(20)28(34)32-19-6-3-5-18(29)13-19/h2-15H,1H3,(H2,30,33)(H,32,34). The Kier molecular flexibility index (Phi) is 5.58. The normalized spacial score (nSPS) is 10.9. The molecule has 1 heterocycles. The minimum Gasteiger partial charge on any atom is -0.496 e. The summed E-state index contributed by atoms with van der Waals surface area (Å²) in [6, 6.07) is 22.2. The van der Waals surface area contributed by atoms with Crippen molar-refractivity contribution in [2.24, 2.45) is 5.73 Å². The largest absolute Gasteiger partial charge is 0.496 e. The lowest BCUT2D eigenvalue weighted by Crippen LogP contribution is -2.12. The second-order valence-corrected chi connectivity index (χ2v) is 8.00. The molecular formula is C28H20FN3O3. The number of primary amides is 1. The van der Waals surface area contributed by atoms with Crippen molar-refractivity contribution in [2.45, 2.75) is 0 Å². The fourth-order valence-corrected chi connectivity index (χ4v) is 4.20. The van der Waals surface area contributed by atoms with Gasteiger partial charge in [0.25, 0.3) is 11.8 Å². The molecule has 0 saturated carbocycles. The van der Waals surface area contributed by atoms with Crippen molar-refractivity contribution in [2.75, 3.05) is 12.4 Å². The van der Waals surface area contributed by atoms with E-state index in [-0.39, 0.29) is 11.5 Å². The van der Waals surface area contributed by atoms with Gasteiger partial charge in [-0.15, -0.1) is 0 Å². The minimum atomic E-state index is -0.592. The zero-order valence-corrected chi connectivity index (χ0v) is 18.7. The molecule has 0 unspecified atom stereocenters. The predicted molar refractivity (Wildman–Crippen MR) is 134 cm³/mol. The molecule has 0 aliphatic rings. The van der Waals surface area contributed by atoms with Gasteiger partial charge in [0.15, 0.2) is 0 Å². The number of halogens is 1. The Hall–Kier alpha value is -4.78. The number of aromatic nitrogens is 1. The van der Waals surface area contributed by atoms with Gasteiger partial charge in [-0.1, -0.05) is 30.3 Å². The van der Waals surface area contributed by atoms with Crippen LogP contribution in [0.1, 0.15) is 20.7 Å². The molecule has 5 aromatic rings. The summed E-state index contributed by atoms with van der Waals surface area (Å²) in [6.07, 6.45) is 1.69. The molecule has 4 aromatic carbocycles. The van der Waals surface area contributed by atoms with E-state index in [0.717, 1.165) is 27.3 Å². The SMILES string of the molecule is COc1cc2nccc(-c3ccc4c(C(=O)Nc5cccc(F)c5)cccc4c3)c2cc1C(N)=O. The Bertz CT molecular complexity index is 1630. The quantitative estimate of drug-likeness (QED) is 0.356. The molecule has 2 amide bonds. The lowest BCUT2D eigenvalue weighted by molar-refractivity contribution is 0.0995. The van der Waals surface area contributed by atoms with Crippen molar-refractivity contribution in [3.05, 3.63) is 102 Å². The van der Waals surface area contributed by atoms with Crippen LogP contribution >= 0.6 is 0 Å². The van der Waals surface area contributed by atoms with Crippen molar-refractivity contribution in [1.29, 1.82) is 0 Å². The maximum atomic E-state index is 13.5. The molecule has 1 aromatic heterocycles. The van der Waals surface area contributed by atoms with Crippen LogP contribution in [0.25, 0.3) is 32.8 Å². The lowest BCUT2D eigenvalue weighted by atomic mass is 9.95. The molecule has 6 nitrogen and oxygen atoms in total. The summed E-state index contributed by atoms with van der Waals surface area (Å²) < 4.78 is 18.8. The van der Waals surface area contributed by atoms with Gasteiger partial charge < -0.3 is 15.8 Å². The van der Waals surface area contributed by atoms with Crippen molar-refractivity contribution in [3.8, 4) is 16.9 Å². The lowest BCUT2D eigenvalue weighted by Gasteiger charge is -2.13. The van der Waals surface area contributed by atoms with Crippen molar-refractivity contribution < 1.29 is 18.7 Å². The number of carbonyl (C=O) groups excluding carboxylic acids is 2. The average molecular weight is 465 g/mol. The van der Waals surface area contributed by atoms with E-state index >= 15 is 0 Å². The van der Waals surface area contributed by atoms with E-state index in [1.165, 1.54) is 19.2 Å². The Morgan fingerprint density at radius 3 is 2.51 bits per heavy atom. The number of fused-ring (bicyclic) bond motifs is 2. The highest BCUT2D eigenvalue weighted by molar-refractivity contribution is 6.13. The summed E-state index contributed by atoms with van der Waals surface area (Å²) in [7, 11) is 1.48. The smallest absolute Gasteiger partial charge is 0.256 e. The van der Waals surface area contributed by atoms with E-state index in [9.17, 15) is 14.0 Å². The van der Waals surface area contributed by atoms with E-state index in [1.807, 2.05) is 30.3 Å². The number of hydrogen-bond donors (Lipinski definition) is 2. The van der Waals surface area contributed by atoms with Crippen LogP contribution in [0.15, 0.2) is 85.1 Å². The molecule has 0 bridgehead atoms. The van der Waals surface area contributed by atoms with Crippen LogP contribution in [0.5, 0.6) is 5.75 Å². The fraction of sp³-hybridized carbons (Fsp3) is 0.0357. The van der Waals surface area contributed by atoms with Crippen LogP contribution in [-0.4, -0.2) is 23.9 Å². The molecular weight excluding hydrogens is 445 g/mol. The number of nitrogens with two attached hydrogens (primary N) is 1. The number of ether oxygens (including phenoxy) is 1. The summed E-state index contributed by atoms with van der Waals surface area (Å²) >= 11 is 0. The highest BCUT2D eigenvalue weighted by Gasteiger charge is 2.15. The van der Waals surface area contributed by atoms with Crippen molar-refractivity contribution in [3.63, 3.8) is 0 Å². The first-order valence-corrected chi connectivity index (χ1v) is 10.8. The van der Waals surface area contributed by atoms with Crippen LogP contribution in [0.2, 0.25) is 0 Å². The zero-order valence-electron chi connectivity index (χ0n) is 18.7. The number of methoxy groups -OCH3 is 1. The highest BCUT2D eigenvalue weighted by atomic mass is 19.1. The van der Waals surface area contributed by atoms with Gasteiger partial charge in [0.05, 0.1) is 18.2 Å². The van der Waals surface area contributed by atoms with Crippen LogP contribution in [-0.2, 0) is 0 Å². The molecule has 5 rings (SSSR count). The fourth-order valence-electron chi connectivity index (χ4n) is 4.20. The minimum absolute atomic E-state index is 0.270.